The first-order valence-corrected chi connectivity index (χ1v) is 11.1. The van der Waals surface area contributed by atoms with Crippen LogP contribution in [0.1, 0.15) is 41.2 Å². The first-order chi connectivity index (χ1) is 16.6. The van der Waals surface area contributed by atoms with Crippen LogP contribution in [0, 0.1) is 11.6 Å². The lowest BCUT2D eigenvalue weighted by molar-refractivity contribution is -0.130. The molecule has 1 amide bonds. The predicted molar refractivity (Wildman–Crippen MR) is 120 cm³/mol. The number of hydrogen-bond donors (Lipinski definition) is 3. The maximum atomic E-state index is 14.6. The van der Waals surface area contributed by atoms with Gasteiger partial charge in [0.1, 0.15) is 22.4 Å². The predicted octanol–water partition coefficient (Wildman–Crippen LogP) is 7.26. The number of para-hydroxylation sites is 1. The number of rotatable bonds is 5. The third-order valence-electron chi connectivity index (χ3n) is 4.41. The molecule has 5 nitrogen and oxygen atoms in total. The van der Waals surface area contributed by atoms with Crippen molar-refractivity contribution in [2.24, 2.45) is 0 Å². The quantitative estimate of drug-likeness (QED) is 0.288. The average Bonchev–Trinajstić information content (AvgIpc) is 3.22. The fourth-order valence-electron chi connectivity index (χ4n) is 2.62. The Kier molecular flexibility index (Phi) is 9.32. The van der Waals surface area contributed by atoms with Gasteiger partial charge in [-0.3, -0.25) is 4.79 Å². The molecule has 0 saturated carbocycles. The monoisotopic (exact) mass is 558 g/mol. The van der Waals surface area contributed by atoms with Gasteiger partial charge in [-0.25, -0.2) is 22.5 Å². The number of aromatic nitrogens is 1. The summed E-state index contributed by atoms with van der Waals surface area (Å²) < 4.78 is 88.2. The number of phenols is 1. The van der Waals surface area contributed by atoms with Crippen LogP contribution in [0.25, 0.3) is 10.6 Å². The SMILES string of the molecule is CC(F)(F)c1sc(-c2cc(O)c(C(=O)Nc3c(F)cccc3Cl)cc2F)nc1CO.CCC(F)(F)F. The van der Waals surface area contributed by atoms with E-state index in [2.05, 4.69) is 10.3 Å². The molecule has 0 radical (unpaired) electrons. The largest absolute Gasteiger partial charge is 0.507 e. The van der Waals surface area contributed by atoms with Gasteiger partial charge < -0.3 is 15.5 Å². The Labute approximate surface area is 209 Å². The molecule has 14 heteroatoms. The molecular formula is C22H18ClF7N2O3S. The molecule has 0 fully saturated rings. The van der Waals surface area contributed by atoms with Crippen molar-refractivity contribution in [2.45, 2.75) is 39.0 Å². The third-order valence-corrected chi connectivity index (χ3v) is 6.03. The van der Waals surface area contributed by atoms with Gasteiger partial charge in [0.05, 0.1) is 33.5 Å². The summed E-state index contributed by atoms with van der Waals surface area (Å²) in [4.78, 5) is 15.6. The van der Waals surface area contributed by atoms with Gasteiger partial charge in [0, 0.05) is 18.9 Å². The van der Waals surface area contributed by atoms with E-state index >= 15 is 0 Å². The Morgan fingerprint density at radius 2 is 1.75 bits per heavy atom. The number of benzene rings is 2. The zero-order chi connectivity index (χ0) is 27.4. The van der Waals surface area contributed by atoms with Gasteiger partial charge in [0.15, 0.2) is 0 Å². The second kappa shape index (κ2) is 11.4. The molecule has 0 spiro atoms. The molecular weight excluding hydrogens is 541 g/mol. The van der Waals surface area contributed by atoms with Gasteiger partial charge in [-0.05, 0) is 24.3 Å². The van der Waals surface area contributed by atoms with Crippen LogP contribution in [-0.4, -0.2) is 27.3 Å². The van der Waals surface area contributed by atoms with Crippen LogP contribution in [0.15, 0.2) is 30.3 Å². The highest BCUT2D eigenvalue weighted by Gasteiger charge is 2.32. The first kappa shape index (κ1) is 29.3. The van der Waals surface area contributed by atoms with E-state index in [9.17, 15) is 45.7 Å². The summed E-state index contributed by atoms with van der Waals surface area (Å²) in [6.45, 7) is 0.908. The van der Waals surface area contributed by atoms with E-state index in [0.717, 1.165) is 19.1 Å². The minimum Gasteiger partial charge on any atom is -0.507 e. The molecule has 36 heavy (non-hydrogen) atoms. The Bertz CT molecular complexity index is 1220. The standard InChI is InChI=1S/C19H13ClF4N2O3S.C3H5F3/c1-19(23,24)16-13(7-27)25-18(30-16)8-6-14(28)9(5-12(8)22)17(29)26-15-10(20)3-2-4-11(15)21;1-2-3(4,5)6/h2-6,27-28H,7H2,1H3,(H,26,29);2H2,1H3. The Morgan fingerprint density at radius 1 is 1.14 bits per heavy atom. The summed E-state index contributed by atoms with van der Waals surface area (Å²) in [5.41, 5.74) is -1.55. The lowest BCUT2D eigenvalue weighted by Gasteiger charge is -2.11. The fraction of sp³-hybridized carbons (Fsp3) is 0.273. The van der Waals surface area contributed by atoms with Crippen molar-refractivity contribution in [3.8, 4) is 16.3 Å². The molecule has 2 aromatic carbocycles. The molecule has 3 rings (SSSR count). The Morgan fingerprint density at radius 3 is 2.22 bits per heavy atom. The number of nitrogens with one attached hydrogen (secondary N) is 1. The summed E-state index contributed by atoms with van der Waals surface area (Å²) in [6.07, 6.45) is -4.69. The van der Waals surface area contributed by atoms with E-state index in [1.807, 2.05) is 0 Å². The van der Waals surface area contributed by atoms with Crippen molar-refractivity contribution in [3.63, 3.8) is 0 Å². The second-order valence-electron chi connectivity index (χ2n) is 7.21. The smallest absolute Gasteiger partial charge is 0.388 e. The van der Waals surface area contributed by atoms with Gasteiger partial charge in [0.25, 0.3) is 11.8 Å². The summed E-state index contributed by atoms with van der Waals surface area (Å²) >= 11 is 6.27. The minimum absolute atomic E-state index is 0.104. The van der Waals surface area contributed by atoms with Crippen LogP contribution < -0.4 is 5.32 Å². The highest BCUT2D eigenvalue weighted by Crippen LogP contribution is 2.40. The molecule has 0 aliphatic heterocycles. The van der Waals surface area contributed by atoms with Crippen molar-refractivity contribution in [1.82, 2.24) is 4.98 Å². The van der Waals surface area contributed by atoms with Gasteiger partial charge in [-0.2, -0.15) is 13.2 Å². The number of carbonyl (C=O) groups excluding carboxylic acids is 1. The van der Waals surface area contributed by atoms with E-state index < -0.39 is 58.9 Å². The Hall–Kier alpha value is -2.90. The van der Waals surface area contributed by atoms with E-state index in [1.54, 1.807) is 0 Å². The molecule has 0 bridgehead atoms. The van der Waals surface area contributed by atoms with Crippen LogP contribution in [0.2, 0.25) is 5.02 Å². The maximum absolute atomic E-state index is 14.6. The van der Waals surface area contributed by atoms with Gasteiger partial charge in [-0.1, -0.05) is 24.6 Å². The van der Waals surface area contributed by atoms with E-state index in [1.165, 1.54) is 12.1 Å². The number of aliphatic hydroxyl groups is 1. The molecule has 0 saturated heterocycles. The second-order valence-corrected chi connectivity index (χ2v) is 8.62. The Balaban J connectivity index is 0.000000678. The van der Waals surface area contributed by atoms with Crippen molar-refractivity contribution < 1.29 is 45.7 Å². The van der Waals surface area contributed by atoms with Crippen molar-refractivity contribution in [2.75, 3.05) is 5.32 Å². The van der Waals surface area contributed by atoms with Crippen LogP contribution in [0.5, 0.6) is 5.75 Å². The molecule has 0 unspecified atom stereocenters. The van der Waals surface area contributed by atoms with Gasteiger partial charge in [-0.15, -0.1) is 11.3 Å². The zero-order valence-corrected chi connectivity index (χ0v) is 20.1. The van der Waals surface area contributed by atoms with Crippen LogP contribution >= 0.6 is 22.9 Å². The van der Waals surface area contributed by atoms with E-state index in [-0.39, 0.29) is 27.0 Å². The molecule has 0 atom stereocenters. The third kappa shape index (κ3) is 7.31. The highest BCUT2D eigenvalue weighted by molar-refractivity contribution is 7.15. The van der Waals surface area contributed by atoms with E-state index in [0.29, 0.717) is 24.3 Å². The zero-order valence-electron chi connectivity index (χ0n) is 18.5. The van der Waals surface area contributed by atoms with Crippen LogP contribution in [0.4, 0.5) is 36.4 Å². The van der Waals surface area contributed by atoms with Crippen molar-refractivity contribution in [1.29, 1.82) is 0 Å². The van der Waals surface area contributed by atoms with Crippen molar-refractivity contribution >= 4 is 34.5 Å². The van der Waals surface area contributed by atoms with Crippen LogP contribution in [-0.2, 0) is 12.5 Å². The highest BCUT2D eigenvalue weighted by atomic mass is 35.5. The van der Waals surface area contributed by atoms with E-state index in [4.69, 9.17) is 11.6 Å². The number of nitrogens with zero attached hydrogens (tertiary/aromatic N) is 1. The number of aliphatic hydroxyl groups excluding tert-OH is 1. The van der Waals surface area contributed by atoms with Gasteiger partial charge >= 0.3 is 6.18 Å². The summed E-state index contributed by atoms with van der Waals surface area (Å²) in [5, 5.41) is 21.3. The number of hydrogen-bond acceptors (Lipinski definition) is 5. The number of amides is 1. The lowest BCUT2D eigenvalue weighted by atomic mass is 10.1. The summed E-state index contributed by atoms with van der Waals surface area (Å²) in [6, 6.07) is 5.20. The molecule has 0 aliphatic carbocycles. The van der Waals surface area contributed by atoms with Gasteiger partial charge in [0.2, 0.25) is 0 Å². The molecule has 1 heterocycles. The lowest BCUT2D eigenvalue weighted by Crippen LogP contribution is -2.14. The summed E-state index contributed by atoms with van der Waals surface area (Å²) in [7, 11) is 0. The molecule has 3 N–H and O–H groups in total. The number of halogens is 8. The normalized spacial score (nSPS) is 11.6. The fourth-order valence-corrected chi connectivity index (χ4v) is 3.86. The average molecular weight is 559 g/mol. The number of anilines is 1. The number of alkyl halides is 5. The summed E-state index contributed by atoms with van der Waals surface area (Å²) in [5.74, 6) is -6.92. The molecule has 1 aromatic heterocycles. The molecule has 0 aliphatic rings. The number of thiazole rings is 1. The topological polar surface area (TPSA) is 82.5 Å². The minimum atomic E-state index is -3.96. The van der Waals surface area contributed by atoms with Crippen molar-refractivity contribution in [3.05, 3.63) is 63.1 Å². The number of phenolic OH excluding ortho intramolecular Hbond substituents is 1. The first-order valence-electron chi connectivity index (χ1n) is 9.92. The number of carbonyl (C=O) groups is 1. The molecule has 3 aromatic rings. The number of aromatic hydroxyl groups is 1. The maximum Gasteiger partial charge on any atom is 0.388 e. The van der Waals surface area contributed by atoms with Crippen LogP contribution in [0.3, 0.4) is 0 Å². The molecule has 196 valence electrons.